The smallest absolute Gasteiger partial charge is 0.265 e. The van der Waals surface area contributed by atoms with Crippen molar-refractivity contribution in [2.24, 2.45) is 0 Å². The van der Waals surface area contributed by atoms with Gasteiger partial charge in [0.1, 0.15) is 5.75 Å². The number of carbonyl (C=O) groups excluding carboxylic acids is 1. The summed E-state index contributed by atoms with van der Waals surface area (Å²) in [6, 6.07) is 12.5. The number of nitrogens with one attached hydrogen (secondary N) is 1. The van der Waals surface area contributed by atoms with Crippen LogP contribution in [0.15, 0.2) is 53.4 Å². The molecule has 2 aromatic carbocycles. The van der Waals surface area contributed by atoms with Crippen molar-refractivity contribution in [2.45, 2.75) is 43.6 Å². The summed E-state index contributed by atoms with van der Waals surface area (Å²) in [5.41, 5.74) is 0.933. The van der Waals surface area contributed by atoms with E-state index in [1.54, 1.807) is 43.3 Å². The Bertz CT molecular complexity index is 1190. The van der Waals surface area contributed by atoms with E-state index in [0.29, 0.717) is 30.2 Å². The third kappa shape index (κ3) is 6.49. The van der Waals surface area contributed by atoms with Crippen LogP contribution in [0.2, 0.25) is 0 Å². The molecule has 1 aliphatic rings. The molecule has 0 radical (unpaired) electrons. The molecular weight excluding hydrogens is 478 g/mol. The molecule has 1 fully saturated rings. The fourth-order valence-electron chi connectivity index (χ4n) is 3.57. The molecule has 0 aromatic heterocycles. The van der Waals surface area contributed by atoms with Crippen LogP contribution in [0.1, 0.15) is 32.6 Å². The Balaban J connectivity index is 1.60. The van der Waals surface area contributed by atoms with Crippen molar-refractivity contribution in [3.63, 3.8) is 0 Å². The summed E-state index contributed by atoms with van der Waals surface area (Å²) in [6.07, 6.45) is 4.09. The first-order valence-electron chi connectivity index (χ1n) is 11.1. The zero-order chi connectivity index (χ0) is 24.9. The lowest BCUT2D eigenvalue weighted by molar-refractivity contribution is -0.122. The maximum Gasteiger partial charge on any atom is 0.265 e. The quantitative estimate of drug-likeness (QED) is 0.585. The molecule has 1 unspecified atom stereocenters. The van der Waals surface area contributed by atoms with Crippen molar-refractivity contribution in [1.82, 2.24) is 4.31 Å². The number of anilines is 2. The third-order valence-electron chi connectivity index (χ3n) is 5.70. The van der Waals surface area contributed by atoms with Crippen molar-refractivity contribution < 1.29 is 26.4 Å². The van der Waals surface area contributed by atoms with E-state index in [2.05, 4.69) is 5.32 Å². The Morgan fingerprint density at radius 3 is 2.03 bits per heavy atom. The SMILES string of the molecule is CC(Oc1ccc(N(C)S(C)(=O)=O)cc1)C(=O)Nc1ccc(S(=O)(=O)N2CCCCCC2)cc1. The van der Waals surface area contributed by atoms with Gasteiger partial charge in [-0.3, -0.25) is 9.10 Å². The molecule has 9 nitrogen and oxygen atoms in total. The second-order valence-corrected chi connectivity index (χ2v) is 12.3. The van der Waals surface area contributed by atoms with Gasteiger partial charge in [-0.15, -0.1) is 0 Å². The number of sulfonamides is 2. The van der Waals surface area contributed by atoms with Crippen LogP contribution < -0.4 is 14.4 Å². The van der Waals surface area contributed by atoms with E-state index in [0.717, 1.165) is 36.2 Å². The van der Waals surface area contributed by atoms with Crippen molar-refractivity contribution in [2.75, 3.05) is 36.0 Å². The van der Waals surface area contributed by atoms with Crippen LogP contribution in [-0.2, 0) is 24.8 Å². The van der Waals surface area contributed by atoms with Crippen LogP contribution in [0.25, 0.3) is 0 Å². The highest BCUT2D eigenvalue weighted by atomic mass is 32.2. The Hall–Kier alpha value is -2.63. The summed E-state index contributed by atoms with van der Waals surface area (Å²) in [7, 11) is -5.47. The Morgan fingerprint density at radius 1 is 0.941 bits per heavy atom. The van der Waals surface area contributed by atoms with Crippen LogP contribution in [0.4, 0.5) is 11.4 Å². The van der Waals surface area contributed by atoms with Gasteiger partial charge in [0.15, 0.2) is 6.10 Å². The second-order valence-electron chi connectivity index (χ2n) is 8.32. The fourth-order valence-corrected chi connectivity index (χ4v) is 5.59. The predicted octanol–water partition coefficient (Wildman–Crippen LogP) is 3.05. The van der Waals surface area contributed by atoms with Crippen molar-refractivity contribution in [3.05, 3.63) is 48.5 Å². The normalized spacial score (nSPS) is 16.3. The molecule has 1 aliphatic heterocycles. The molecule has 2 aromatic rings. The molecule has 11 heteroatoms. The van der Waals surface area contributed by atoms with Gasteiger partial charge >= 0.3 is 0 Å². The third-order valence-corrected chi connectivity index (χ3v) is 8.82. The van der Waals surface area contributed by atoms with Crippen LogP contribution in [0.5, 0.6) is 5.75 Å². The molecule has 1 heterocycles. The van der Waals surface area contributed by atoms with Gasteiger partial charge in [-0.1, -0.05) is 12.8 Å². The standard InChI is InChI=1S/C23H31N3O6S2/c1-18(32-21-12-10-20(11-13-21)25(2)33(3,28)29)23(27)24-19-8-14-22(15-9-19)34(30,31)26-16-6-4-5-7-17-26/h8-15,18H,4-7,16-17H2,1-3H3,(H,24,27). The topological polar surface area (TPSA) is 113 Å². The number of nitrogens with zero attached hydrogens (tertiary/aromatic N) is 2. The van der Waals surface area contributed by atoms with Crippen LogP contribution in [0, 0.1) is 0 Å². The zero-order valence-corrected chi connectivity index (χ0v) is 21.2. The molecule has 0 spiro atoms. The Labute approximate surface area is 201 Å². The number of hydrogen-bond donors (Lipinski definition) is 1. The molecule has 0 bridgehead atoms. The summed E-state index contributed by atoms with van der Waals surface area (Å²) in [5, 5.41) is 2.72. The first-order valence-corrected chi connectivity index (χ1v) is 14.4. The lowest BCUT2D eigenvalue weighted by atomic mass is 10.2. The fraction of sp³-hybridized carbons (Fsp3) is 0.435. The molecule has 1 atom stereocenters. The summed E-state index contributed by atoms with van der Waals surface area (Å²) in [5.74, 6) is 0.00708. The minimum absolute atomic E-state index is 0.204. The van der Waals surface area contributed by atoms with E-state index in [9.17, 15) is 21.6 Å². The van der Waals surface area contributed by atoms with E-state index in [1.807, 2.05) is 0 Å². The maximum atomic E-state index is 12.9. The lowest BCUT2D eigenvalue weighted by Crippen LogP contribution is -2.32. The van der Waals surface area contributed by atoms with Crippen LogP contribution in [0.3, 0.4) is 0 Å². The van der Waals surface area contributed by atoms with E-state index < -0.39 is 32.1 Å². The van der Waals surface area contributed by atoms with Gasteiger partial charge in [0.2, 0.25) is 20.0 Å². The number of carbonyl (C=O) groups is 1. The summed E-state index contributed by atoms with van der Waals surface area (Å²) < 4.78 is 57.4. The van der Waals surface area contributed by atoms with Crippen molar-refractivity contribution in [3.8, 4) is 5.75 Å². The summed E-state index contributed by atoms with van der Waals surface area (Å²) >= 11 is 0. The van der Waals surface area contributed by atoms with Gasteiger partial charge in [-0.2, -0.15) is 4.31 Å². The van der Waals surface area contributed by atoms with E-state index in [-0.39, 0.29) is 4.90 Å². The molecule has 34 heavy (non-hydrogen) atoms. The molecule has 186 valence electrons. The van der Waals surface area contributed by atoms with E-state index in [1.165, 1.54) is 23.5 Å². The first kappa shape index (κ1) is 26.0. The average Bonchev–Trinajstić information content (AvgIpc) is 3.09. The monoisotopic (exact) mass is 509 g/mol. The zero-order valence-electron chi connectivity index (χ0n) is 19.6. The number of ether oxygens (including phenoxy) is 1. The Morgan fingerprint density at radius 2 is 1.50 bits per heavy atom. The number of hydrogen-bond acceptors (Lipinski definition) is 6. The number of rotatable bonds is 8. The van der Waals surface area contributed by atoms with Crippen LogP contribution >= 0.6 is 0 Å². The second kappa shape index (κ2) is 10.7. The molecule has 1 N–H and O–H groups in total. The summed E-state index contributed by atoms with van der Waals surface area (Å²) in [4.78, 5) is 12.7. The highest BCUT2D eigenvalue weighted by molar-refractivity contribution is 7.92. The highest BCUT2D eigenvalue weighted by Gasteiger charge is 2.25. The maximum absolute atomic E-state index is 12.9. The minimum atomic E-state index is -3.55. The predicted molar refractivity (Wildman–Crippen MR) is 132 cm³/mol. The molecule has 0 saturated carbocycles. The highest BCUT2D eigenvalue weighted by Crippen LogP contribution is 2.23. The van der Waals surface area contributed by atoms with Gasteiger partial charge in [0, 0.05) is 25.8 Å². The largest absolute Gasteiger partial charge is 0.481 e. The summed E-state index contributed by atoms with van der Waals surface area (Å²) in [6.45, 7) is 2.65. The molecule has 1 saturated heterocycles. The molecular formula is C23H31N3O6S2. The van der Waals surface area contributed by atoms with Gasteiger partial charge in [-0.25, -0.2) is 16.8 Å². The van der Waals surface area contributed by atoms with Crippen LogP contribution in [-0.4, -0.2) is 59.5 Å². The number of benzene rings is 2. The van der Waals surface area contributed by atoms with Gasteiger partial charge < -0.3 is 10.1 Å². The van der Waals surface area contributed by atoms with Crippen molar-refractivity contribution in [1.29, 1.82) is 0 Å². The van der Waals surface area contributed by atoms with Crippen molar-refractivity contribution >= 4 is 37.3 Å². The van der Waals surface area contributed by atoms with E-state index >= 15 is 0 Å². The van der Waals surface area contributed by atoms with Gasteiger partial charge in [0.25, 0.3) is 5.91 Å². The van der Waals surface area contributed by atoms with Gasteiger partial charge in [0.05, 0.1) is 16.8 Å². The number of amides is 1. The van der Waals surface area contributed by atoms with E-state index in [4.69, 9.17) is 4.74 Å². The molecule has 1 amide bonds. The minimum Gasteiger partial charge on any atom is -0.481 e. The Kier molecular flexibility index (Phi) is 8.21. The first-order chi connectivity index (χ1) is 16.0. The lowest BCUT2D eigenvalue weighted by Gasteiger charge is -2.20. The van der Waals surface area contributed by atoms with Gasteiger partial charge in [-0.05, 0) is 68.3 Å². The average molecular weight is 510 g/mol. The molecule has 3 rings (SSSR count). The molecule has 0 aliphatic carbocycles.